The van der Waals surface area contributed by atoms with E-state index in [9.17, 15) is 0 Å². The van der Waals surface area contributed by atoms with E-state index in [0.29, 0.717) is 6.04 Å². The summed E-state index contributed by atoms with van der Waals surface area (Å²) < 4.78 is 10.8. The zero-order valence-corrected chi connectivity index (χ0v) is 10.9. The Hall–Kier alpha value is -1.22. The van der Waals surface area contributed by atoms with E-state index in [2.05, 4.69) is 11.4 Å². The molecular weight excluding hydrogens is 214 g/mol. The third-order valence-electron chi connectivity index (χ3n) is 3.48. The van der Waals surface area contributed by atoms with Gasteiger partial charge in [0.15, 0.2) is 0 Å². The molecule has 1 aromatic rings. The van der Waals surface area contributed by atoms with E-state index < -0.39 is 0 Å². The molecule has 0 spiro atoms. The molecule has 0 radical (unpaired) electrons. The van der Waals surface area contributed by atoms with Crippen molar-refractivity contribution in [1.29, 1.82) is 0 Å². The zero-order valence-electron chi connectivity index (χ0n) is 10.9. The van der Waals surface area contributed by atoms with E-state index in [4.69, 9.17) is 9.47 Å². The molecule has 1 aromatic carbocycles. The van der Waals surface area contributed by atoms with Crippen LogP contribution in [-0.2, 0) is 6.54 Å². The van der Waals surface area contributed by atoms with Gasteiger partial charge in [-0.2, -0.15) is 0 Å². The van der Waals surface area contributed by atoms with Crippen LogP contribution in [0.15, 0.2) is 12.1 Å². The number of nitrogens with one attached hydrogen (secondary N) is 1. The number of rotatable bonds is 5. The average Bonchev–Trinajstić information content (AvgIpc) is 2.28. The first-order chi connectivity index (χ1) is 8.24. The van der Waals surface area contributed by atoms with Crippen LogP contribution in [0.5, 0.6) is 11.5 Å². The van der Waals surface area contributed by atoms with Crippen molar-refractivity contribution in [3.05, 3.63) is 23.3 Å². The molecule has 0 saturated heterocycles. The SMILES string of the molecule is COc1cc(CNC2CCC2)c(OC)cc1C. The highest BCUT2D eigenvalue weighted by atomic mass is 16.5. The summed E-state index contributed by atoms with van der Waals surface area (Å²) in [5, 5.41) is 3.55. The van der Waals surface area contributed by atoms with Gasteiger partial charge in [0.05, 0.1) is 14.2 Å². The lowest BCUT2D eigenvalue weighted by Crippen LogP contribution is -2.34. The molecule has 1 aliphatic carbocycles. The van der Waals surface area contributed by atoms with Crippen molar-refractivity contribution < 1.29 is 9.47 Å². The van der Waals surface area contributed by atoms with Crippen molar-refractivity contribution in [2.75, 3.05) is 14.2 Å². The van der Waals surface area contributed by atoms with Gasteiger partial charge in [-0.15, -0.1) is 0 Å². The van der Waals surface area contributed by atoms with Crippen molar-refractivity contribution in [2.45, 2.75) is 38.8 Å². The molecule has 1 fully saturated rings. The van der Waals surface area contributed by atoms with Gasteiger partial charge in [0.2, 0.25) is 0 Å². The molecule has 3 heteroatoms. The summed E-state index contributed by atoms with van der Waals surface area (Å²) in [6.45, 7) is 2.88. The number of benzene rings is 1. The number of aryl methyl sites for hydroxylation is 1. The quantitative estimate of drug-likeness (QED) is 0.851. The third kappa shape index (κ3) is 2.72. The molecule has 0 amide bonds. The van der Waals surface area contributed by atoms with E-state index in [0.717, 1.165) is 23.6 Å². The summed E-state index contributed by atoms with van der Waals surface area (Å²) in [5.41, 5.74) is 2.28. The highest BCUT2D eigenvalue weighted by Gasteiger charge is 2.17. The fourth-order valence-electron chi connectivity index (χ4n) is 2.12. The minimum Gasteiger partial charge on any atom is -0.496 e. The molecule has 0 aliphatic heterocycles. The van der Waals surface area contributed by atoms with E-state index in [-0.39, 0.29) is 0 Å². The first-order valence-corrected chi connectivity index (χ1v) is 6.19. The normalized spacial score (nSPS) is 15.5. The van der Waals surface area contributed by atoms with E-state index in [1.807, 2.05) is 13.0 Å². The molecule has 2 rings (SSSR count). The Kier molecular flexibility index (Phi) is 3.89. The molecule has 1 aliphatic rings. The molecule has 3 nitrogen and oxygen atoms in total. The van der Waals surface area contributed by atoms with Crippen LogP contribution in [0.3, 0.4) is 0 Å². The van der Waals surface area contributed by atoms with Gasteiger partial charge in [0.1, 0.15) is 11.5 Å². The number of hydrogen-bond acceptors (Lipinski definition) is 3. The van der Waals surface area contributed by atoms with Gasteiger partial charge in [-0.1, -0.05) is 6.42 Å². The molecule has 1 saturated carbocycles. The Bertz CT molecular complexity index is 386. The molecule has 0 bridgehead atoms. The smallest absolute Gasteiger partial charge is 0.123 e. The zero-order chi connectivity index (χ0) is 12.3. The highest BCUT2D eigenvalue weighted by Crippen LogP contribution is 2.28. The van der Waals surface area contributed by atoms with Gasteiger partial charge in [-0.25, -0.2) is 0 Å². The first-order valence-electron chi connectivity index (χ1n) is 6.19. The molecule has 0 heterocycles. The summed E-state index contributed by atoms with van der Waals surface area (Å²) >= 11 is 0. The predicted octanol–water partition coefficient (Wildman–Crippen LogP) is 2.65. The molecular formula is C14H21NO2. The van der Waals surface area contributed by atoms with Crippen LogP contribution in [0.2, 0.25) is 0 Å². The van der Waals surface area contributed by atoms with Crippen LogP contribution < -0.4 is 14.8 Å². The van der Waals surface area contributed by atoms with Crippen molar-refractivity contribution in [3.8, 4) is 11.5 Å². The Morgan fingerprint density at radius 3 is 2.41 bits per heavy atom. The van der Waals surface area contributed by atoms with Crippen LogP contribution in [0.4, 0.5) is 0 Å². The minimum atomic E-state index is 0.687. The summed E-state index contributed by atoms with van der Waals surface area (Å²) in [6.07, 6.45) is 3.95. The Morgan fingerprint density at radius 2 is 1.88 bits per heavy atom. The lowest BCUT2D eigenvalue weighted by atomic mass is 9.93. The topological polar surface area (TPSA) is 30.5 Å². The van der Waals surface area contributed by atoms with Gasteiger partial charge in [-0.3, -0.25) is 0 Å². The highest BCUT2D eigenvalue weighted by molar-refractivity contribution is 5.45. The predicted molar refractivity (Wildman–Crippen MR) is 68.8 cm³/mol. The van der Waals surface area contributed by atoms with E-state index in [1.165, 1.54) is 24.8 Å². The fraction of sp³-hybridized carbons (Fsp3) is 0.571. The fourth-order valence-corrected chi connectivity index (χ4v) is 2.12. The standard InChI is InChI=1S/C14H21NO2/c1-10-7-14(17-3)11(8-13(10)16-2)9-15-12-5-4-6-12/h7-8,12,15H,4-6,9H2,1-3H3. The lowest BCUT2D eigenvalue weighted by molar-refractivity contribution is 0.333. The minimum absolute atomic E-state index is 0.687. The Morgan fingerprint density at radius 1 is 1.18 bits per heavy atom. The molecule has 0 atom stereocenters. The number of hydrogen-bond donors (Lipinski definition) is 1. The molecule has 0 unspecified atom stereocenters. The van der Waals surface area contributed by atoms with Crippen LogP contribution in [0.25, 0.3) is 0 Å². The van der Waals surface area contributed by atoms with Crippen molar-refractivity contribution in [1.82, 2.24) is 5.32 Å². The van der Waals surface area contributed by atoms with Gasteiger partial charge in [0, 0.05) is 18.2 Å². The van der Waals surface area contributed by atoms with Gasteiger partial charge >= 0.3 is 0 Å². The van der Waals surface area contributed by atoms with Crippen LogP contribution in [-0.4, -0.2) is 20.3 Å². The largest absolute Gasteiger partial charge is 0.496 e. The van der Waals surface area contributed by atoms with Gasteiger partial charge in [0.25, 0.3) is 0 Å². The maximum absolute atomic E-state index is 5.41. The molecule has 94 valence electrons. The van der Waals surface area contributed by atoms with Crippen molar-refractivity contribution >= 4 is 0 Å². The number of ether oxygens (including phenoxy) is 2. The Labute approximate surface area is 103 Å². The lowest BCUT2D eigenvalue weighted by Gasteiger charge is -2.27. The van der Waals surface area contributed by atoms with Crippen LogP contribution in [0, 0.1) is 6.92 Å². The van der Waals surface area contributed by atoms with Crippen molar-refractivity contribution in [3.63, 3.8) is 0 Å². The second kappa shape index (κ2) is 5.41. The third-order valence-corrected chi connectivity index (χ3v) is 3.48. The Balaban J connectivity index is 2.11. The van der Waals surface area contributed by atoms with Gasteiger partial charge < -0.3 is 14.8 Å². The second-order valence-corrected chi connectivity index (χ2v) is 4.64. The van der Waals surface area contributed by atoms with Gasteiger partial charge in [-0.05, 0) is 37.5 Å². The molecule has 1 N–H and O–H groups in total. The summed E-state index contributed by atoms with van der Waals surface area (Å²) in [5.74, 6) is 1.87. The summed E-state index contributed by atoms with van der Waals surface area (Å²) in [6, 6.07) is 4.79. The summed E-state index contributed by atoms with van der Waals surface area (Å²) in [7, 11) is 3.42. The maximum Gasteiger partial charge on any atom is 0.123 e. The maximum atomic E-state index is 5.41. The number of methoxy groups -OCH3 is 2. The van der Waals surface area contributed by atoms with E-state index >= 15 is 0 Å². The van der Waals surface area contributed by atoms with Crippen LogP contribution >= 0.6 is 0 Å². The molecule has 17 heavy (non-hydrogen) atoms. The first kappa shape index (κ1) is 12.2. The second-order valence-electron chi connectivity index (χ2n) is 4.64. The average molecular weight is 235 g/mol. The monoisotopic (exact) mass is 235 g/mol. The van der Waals surface area contributed by atoms with E-state index in [1.54, 1.807) is 14.2 Å². The van der Waals surface area contributed by atoms with Crippen LogP contribution in [0.1, 0.15) is 30.4 Å². The van der Waals surface area contributed by atoms with Crippen molar-refractivity contribution in [2.24, 2.45) is 0 Å². The summed E-state index contributed by atoms with van der Waals surface area (Å²) in [4.78, 5) is 0. The molecule has 0 aromatic heterocycles.